The summed E-state index contributed by atoms with van der Waals surface area (Å²) in [5.41, 5.74) is 4.12. The minimum Gasteiger partial charge on any atom is -1.00 e. The Morgan fingerprint density at radius 1 is 0.520 bits per heavy atom. The van der Waals surface area contributed by atoms with Gasteiger partial charge in [0.1, 0.15) is 0 Å². The van der Waals surface area contributed by atoms with Crippen LogP contribution in [0, 0.1) is 13.8 Å². The quantitative estimate of drug-likeness (QED) is 0.254. The van der Waals surface area contributed by atoms with Gasteiger partial charge in [0.25, 0.3) is 0 Å². The Labute approximate surface area is 216 Å². The summed E-state index contributed by atoms with van der Waals surface area (Å²) in [7, 11) is 0. The van der Waals surface area contributed by atoms with Gasteiger partial charge in [-0.05, 0) is 0 Å². The molecule has 0 aliphatic heterocycles. The van der Waals surface area contributed by atoms with Crippen LogP contribution in [0.4, 0.5) is 0 Å². The van der Waals surface area contributed by atoms with Crippen molar-refractivity contribution in [2.45, 2.75) is 27.2 Å². The Morgan fingerprint density at radius 2 is 0.760 bits per heavy atom. The average molecular weight is 576 g/mol. The van der Waals surface area contributed by atoms with Crippen LogP contribution in [0.3, 0.4) is 0 Å². The van der Waals surface area contributed by atoms with E-state index in [4.69, 9.17) is 0 Å². The molecule has 0 spiro atoms. The number of rotatable bonds is 1. The fraction of sp³-hybridized carbons (Fsp3) is 0.211. The van der Waals surface area contributed by atoms with Crippen molar-refractivity contribution in [2.24, 2.45) is 0 Å². The Balaban J connectivity index is -0.0000000485. The minimum absolute atomic E-state index is 0. The third-order valence-corrected chi connectivity index (χ3v) is 2.80. The SMILES string of the molecule is CC[c-]1cccc1.C[c-]1cccc1.C[c-]1cccc1.[Cl-].[Cl-].[Cl-].[Cl-].[Zr+4].[Zr+4]. The maximum Gasteiger partial charge on any atom is 4.00 e. The van der Waals surface area contributed by atoms with E-state index in [0.29, 0.717) is 0 Å². The molecule has 0 saturated heterocycles. The Hall–Kier alpha value is 0.976. The van der Waals surface area contributed by atoms with Gasteiger partial charge in [0, 0.05) is 0 Å². The Morgan fingerprint density at radius 3 is 0.880 bits per heavy atom. The van der Waals surface area contributed by atoms with Gasteiger partial charge in [0.2, 0.25) is 0 Å². The molecule has 0 amide bonds. The summed E-state index contributed by atoms with van der Waals surface area (Å²) in [6.45, 7) is 6.33. The molecule has 0 atom stereocenters. The normalized spacial score (nSPS) is 6.84. The van der Waals surface area contributed by atoms with Crippen LogP contribution in [-0.4, -0.2) is 0 Å². The van der Waals surface area contributed by atoms with Gasteiger partial charge in [0.15, 0.2) is 0 Å². The van der Waals surface area contributed by atoms with Crippen molar-refractivity contribution in [3.63, 3.8) is 0 Å². The molecular formula is C19H23Cl4Zr2+. The van der Waals surface area contributed by atoms with E-state index >= 15 is 0 Å². The van der Waals surface area contributed by atoms with Crippen LogP contribution in [0.1, 0.15) is 23.6 Å². The first-order chi connectivity index (χ1) is 9.22. The van der Waals surface area contributed by atoms with Gasteiger partial charge in [-0.2, -0.15) is 53.1 Å². The van der Waals surface area contributed by atoms with Crippen molar-refractivity contribution in [2.75, 3.05) is 0 Å². The molecule has 0 bridgehead atoms. The monoisotopic (exact) mass is 571 g/mol. The number of hydrogen-bond donors (Lipinski definition) is 0. The van der Waals surface area contributed by atoms with Crippen LogP contribution in [0.2, 0.25) is 0 Å². The first-order valence-corrected chi connectivity index (χ1v) is 6.79. The largest absolute Gasteiger partial charge is 4.00 e. The summed E-state index contributed by atoms with van der Waals surface area (Å²) >= 11 is 0. The summed E-state index contributed by atoms with van der Waals surface area (Å²) in [6.07, 6.45) is 1.16. The van der Waals surface area contributed by atoms with Gasteiger partial charge >= 0.3 is 52.4 Å². The molecule has 0 fully saturated rings. The molecule has 134 valence electrons. The molecule has 0 aromatic heterocycles. The zero-order chi connectivity index (χ0) is 13.9. The Bertz CT molecular complexity index is 471. The van der Waals surface area contributed by atoms with Gasteiger partial charge < -0.3 is 49.6 Å². The smallest absolute Gasteiger partial charge is 1.00 e. The maximum atomic E-state index is 2.16. The van der Waals surface area contributed by atoms with Crippen LogP contribution in [-0.2, 0) is 58.8 Å². The third-order valence-electron chi connectivity index (χ3n) is 2.80. The molecule has 0 aliphatic rings. The number of hydrogen-bond acceptors (Lipinski definition) is 0. The topological polar surface area (TPSA) is 0 Å². The second-order valence-electron chi connectivity index (χ2n) is 4.57. The zero-order valence-electron chi connectivity index (χ0n) is 14.6. The number of halogens is 4. The number of aryl methyl sites for hydroxylation is 3. The van der Waals surface area contributed by atoms with Crippen molar-refractivity contribution >= 4 is 0 Å². The van der Waals surface area contributed by atoms with E-state index in [2.05, 4.69) is 69.3 Å². The van der Waals surface area contributed by atoms with E-state index in [-0.39, 0.29) is 102 Å². The predicted octanol–water partition coefficient (Wildman–Crippen LogP) is -6.59. The molecule has 0 saturated carbocycles. The van der Waals surface area contributed by atoms with E-state index < -0.39 is 0 Å². The van der Waals surface area contributed by atoms with Crippen molar-refractivity contribution in [1.82, 2.24) is 0 Å². The van der Waals surface area contributed by atoms with Crippen molar-refractivity contribution in [3.8, 4) is 0 Å². The van der Waals surface area contributed by atoms with Gasteiger partial charge in [-0.1, -0.05) is 27.2 Å². The second-order valence-corrected chi connectivity index (χ2v) is 4.57. The summed E-state index contributed by atoms with van der Waals surface area (Å²) in [5, 5.41) is 0. The summed E-state index contributed by atoms with van der Waals surface area (Å²) < 4.78 is 0. The molecule has 0 nitrogen and oxygen atoms in total. The van der Waals surface area contributed by atoms with E-state index in [0.717, 1.165) is 6.42 Å². The molecule has 3 aromatic carbocycles. The van der Waals surface area contributed by atoms with Crippen LogP contribution in [0.5, 0.6) is 0 Å². The van der Waals surface area contributed by atoms with E-state index in [1.165, 1.54) is 16.7 Å². The van der Waals surface area contributed by atoms with Crippen molar-refractivity contribution in [3.05, 3.63) is 89.5 Å². The molecule has 25 heavy (non-hydrogen) atoms. The average Bonchev–Trinajstić information content (AvgIpc) is 3.12. The molecule has 3 aromatic rings. The van der Waals surface area contributed by atoms with E-state index in [9.17, 15) is 0 Å². The van der Waals surface area contributed by atoms with Crippen LogP contribution in [0.25, 0.3) is 0 Å². The summed E-state index contributed by atoms with van der Waals surface area (Å²) in [5.74, 6) is 0. The van der Waals surface area contributed by atoms with Gasteiger partial charge in [-0.15, -0.1) is 0 Å². The van der Waals surface area contributed by atoms with Gasteiger partial charge in [-0.25, -0.2) is 36.4 Å². The van der Waals surface area contributed by atoms with Crippen molar-refractivity contribution < 1.29 is 102 Å². The van der Waals surface area contributed by atoms with Gasteiger partial charge in [-0.3, -0.25) is 0 Å². The van der Waals surface area contributed by atoms with Crippen LogP contribution < -0.4 is 49.6 Å². The first kappa shape index (κ1) is 40.6. The molecule has 0 aliphatic carbocycles. The second kappa shape index (κ2) is 27.2. The Kier molecular flexibility index (Phi) is 44.2. The maximum absolute atomic E-state index is 2.16. The van der Waals surface area contributed by atoms with Gasteiger partial charge in [0.05, 0.1) is 0 Å². The first-order valence-electron chi connectivity index (χ1n) is 6.79. The summed E-state index contributed by atoms with van der Waals surface area (Å²) in [4.78, 5) is 0. The molecule has 3 rings (SSSR count). The van der Waals surface area contributed by atoms with Crippen LogP contribution >= 0.6 is 0 Å². The fourth-order valence-electron chi connectivity index (χ4n) is 1.59. The third kappa shape index (κ3) is 22.9. The molecular weight excluding hydrogens is 552 g/mol. The summed E-state index contributed by atoms with van der Waals surface area (Å²) in [6, 6.07) is 24.9. The molecule has 6 heteroatoms. The predicted molar refractivity (Wildman–Crippen MR) is 85.0 cm³/mol. The minimum atomic E-state index is 0. The standard InChI is InChI=1S/C7H9.2C6H7.4ClH.2Zr/c1-2-7-5-3-4-6-7;2*1-6-4-2-3-5-6;;;;;;/h3-6H,2H2,1H3;2*2-5H,1H3;4*1H;;/q3*-1;;;;;2*+4/p-4. The molecule has 0 heterocycles. The molecule has 0 unspecified atom stereocenters. The molecule has 0 N–H and O–H groups in total. The van der Waals surface area contributed by atoms with Crippen LogP contribution in [0.15, 0.2) is 72.8 Å². The van der Waals surface area contributed by atoms with E-state index in [1.807, 2.05) is 24.3 Å². The van der Waals surface area contributed by atoms with Crippen molar-refractivity contribution in [1.29, 1.82) is 0 Å². The molecule has 0 radical (unpaired) electrons. The van der Waals surface area contributed by atoms with E-state index in [1.54, 1.807) is 0 Å². The fourth-order valence-corrected chi connectivity index (χ4v) is 1.59. The zero-order valence-corrected chi connectivity index (χ0v) is 22.6.